The van der Waals surface area contributed by atoms with Crippen LogP contribution in [0.25, 0.3) is 33.6 Å². The zero-order valence-corrected chi connectivity index (χ0v) is 27.1. The second-order valence-corrected chi connectivity index (χ2v) is 12.0. The van der Waals surface area contributed by atoms with Gasteiger partial charge in [-0.2, -0.15) is 0 Å². The summed E-state index contributed by atoms with van der Waals surface area (Å²) in [7, 11) is 0. The Morgan fingerprint density at radius 3 is 2.05 bits per heavy atom. The van der Waals surface area contributed by atoms with E-state index in [0.29, 0.717) is 0 Å². The number of aryl methyl sites for hydroxylation is 1. The molecule has 2 heterocycles. The van der Waals surface area contributed by atoms with E-state index in [1.165, 1.54) is 47.1 Å². The van der Waals surface area contributed by atoms with Gasteiger partial charge in [0, 0.05) is 38.1 Å². The van der Waals surface area contributed by atoms with Crippen LogP contribution in [-0.2, 0) is 30.9 Å². The van der Waals surface area contributed by atoms with Crippen molar-refractivity contribution in [2.75, 3.05) is 0 Å². The van der Waals surface area contributed by atoms with Crippen LogP contribution in [0.2, 0.25) is 0 Å². The van der Waals surface area contributed by atoms with Gasteiger partial charge in [-0.25, -0.2) is 0 Å². The van der Waals surface area contributed by atoms with E-state index in [1.54, 1.807) is 0 Å². The molecule has 1 radical (unpaired) electrons. The largest absolute Gasteiger partial charge is 0.305 e. The zero-order chi connectivity index (χ0) is 28.2. The van der Waals surface area contributed by atoms with Crippen LogP contribution in [0.4, 0.5) is 0 Å². The van der Waals surface area contributed by atoms with Gasteiger partial charge in [0.2, 0.25) is 0 Å². The molecular weight excluding hydrogens is 677 g/mol. The third-order valence-corrected chi connectivity index (χ3v) is 8.13. The van der Waals surface area contributed by atoms with Crippen molar-refractivity contribution in [3.05, 3.63) is 132 Å². The molecule has 0 spiro atoms. The van der Waals surface area contributed by atoms with Crippen LogP contribution in [0.15, 0.2) is 103 Å². The van der Waals surface area contributed by atoms with Gasteiger partial charge in [-0.15, -0.1) is 70.8 Å². The molecule has 0 aliphatic heterocycles. The molecule has 0 fully saturated rings. The van der Waals surface area contributed by atoms with Gasteiger partial charge >= 0.3 is 0 Å². The summed E-state index contributed by atoms with van der Waals surface area (Å²) in [5, 5.41) is 0. The molecular formula is C38H38IrN2-2. The van der Waals surface area contributed by atoms with E-state index >= 15 is 0 Å². The van der Waals surface area contributed by atoms with Gasteiger partial charge in [0.25, 0.3) is 0 Å². The van der Waals surface area contributed by atoms with Gasteiger partial charge in [-0.3, -0.25) is 0 Å². The fraction of sp³-hybridized carbons (Fsp3) is 0.263. The van der Waals surface area contributed by atoms with E-state index in [9.17, 15) is 0 Å². The first-order chi connectivity index (χ1) is 19.2. The number of aromatic nitrogens is 2. The van der Waals surface area contributed by atoms with Crippen LogP contribution in [0.3, 0.4) is 0 Å². The smallest absolute Gasteiger partial charge is 0.0242 e. The first-order valence-corrected chi connectivity index (χ1v) is 14.2. The molecule has 5 aromatic rings. The molecule has 3 aromatic carbocycles. The Morgan fingerprint density at radius 1 is 0.683 bits per heavy atom. The minimum atomic E-state index is 0. The summed E-state index contributed by atoms with van der Waals surface area (Å²) >= 11 is 0. The van der Waals surface area contributed by atoms with E-state index in [1.807, 2.05) is 67.0 Å². The standard InChI is InChI=1S/C20H24N.C18H14N.Ir/c1-19(2)11-7-12-20(3,4)17-14-15(9-10-16(17)19)18-8-5-6-13-21-18;1-14-12-18(16-10-6-3-7-11-16)19-13-17(14)15-8-4-2-5-9-15;/h5-6,8,10,13-14H,7,11-12H2,1-4H3;2-10,12-13H,1H3;/q2*-1;. The number of pyridine rings is 2. The molecule has 0 atom stereocenters. The predicted molar refractivity (Wildman–Crippen MR) is 167 cm³/mol. The fourth-order valence-corrected chi connectivity index (χ4v) is 5.70. The number of hydrogen-bond donors (Lipinski definition) is 0. The summed E-state index contributed by atoms with van der Waals surface area (Å²) in [5.74, 6) is 0. The van der Waals surface area contributed by atoms with Crippen LogP contribution >= 0.6 is 0 Å². The zero-order valence-electron chi connectivity index (χ0n) is 24.7. The summed E-state index contributed by atoms with van der Waals surface area (Å²) in [6.45, 7) is 11.6. The molecule has 0 amide bonds. The third kappa shape index (κ3) is 7.10. The Bertz CT molecular complexity index is 1560. The second kappa shape index (κ2) is 13.1. The maximum atomic E-state index is 4.55. The van der Waals surface area contributed by atoms with Gasteiger partial charge < -0.3 is 9.97 Å². The number of fused-ring (bicyclic) bond motifs is 1. The van der Waals surface area contributed by atoms with Gasteiger partial charge in [0.05, 0.1) is 0 Å². The van der Waals surface area contributed by atoms with E-state index in [4.69, 9.17) is 0 Å². The van der Waals surface area contributed by atoms with Crippen molar-refractivity contribution in [1.29, 1.82) is 0 Å². The van der Waals surface area contributed by atoms with Crippen molar-refractivity contribution in [3.8, 4) is 33.6 Å². The minimum Gasteiger partial charge on any atom is -0.305 e. The van der Waals surface area contributed by atoms with Crippen molar-refractivity contribution >= 4 is 0 Å². The number of nitrogens with zero attached hydrogens (tertiary/aromatic N) is 2. The summed E-state index contributed by atoms with van der Waals surface area (Å²) in [6, 6.07) is 37.7. The first-order valence-electron chi connectivity index (χ1n) is 14.2. The maximum Gasteiger partial charge on any atom is 0.0242 e. The van der Waals surface area contributed by atoms with E-state index in [-0.39, 0.29) is 30.9 Å². The molecule has 0 unspecified atom stereocenters. The van der Waals surface area contributed by atoms with Crippen LogP contribution in [0, 0.1) is 19.1 Å². The molecule has 2 nitrogen and oxygen atoms in total. The number of hydrogen-bond acceptors (Lipinski definition) is 2. The van der Waals surface area contributed by atoms with Crippen molar-refractivity contribution in [2.45, 2.75) is 64.7 Å². The number of rotatable bonds is 3. The summed E-state index contributed by atoms with van der Waals surface area (Å²) in [4.78, 5) is 9.03. The average molecular weight is 715 g/mol. The average Bonchev–Trinajstić information content (AvgIpc) is 3.07. The molecule has 2 aromatic heterocycles. The minimum absolute atomic E-state index is 0. The fourth-order valence-electron chi connectivity index (χ4n) is 5.70. The van der Waals surface area contributed by atoms with Crippen LogP contribution in [0.1, 0.15) is 63.6 Å². The first kappa shape index (κ1) is 30.6. The van der Waals surface area contributed by atoms with Gasteiger partial charge in [-0.1, -0.05) is 89.1 Å². The third-order valence-electron chi connectivity index (χ3n) is 8.13. The van der Waals surface area contributed by atoms with Gasteiger partial charge in [-0.05, 0) is 52.8 Å². The Morgan fingerprint density at radius 2 is 1.39 bits per heavy atom. The molecule has 211 valence electrons. The molecule has 41 heavy (non-hydrogen) atoms. The molecule has 3 heteroatoms. The molecule has 0 saturated carbocycles. The van der Waals surface area contributed by atoms with Gasteiger partial charge in [0.15, 0.2) is 0 Å². The SMILES string of the molecule is CC1(C)CCCC(C)(C)c2cc(-c3ccccn3)[c-]cc21.Cc1cc(-c2[c-]cccc2)ncc1-c1ccccc1.[Ir]. The van der Waals surface area contributed by atoms with Crippen molar-refractivity contribution < 1.29 is 20.1 Å². The Balaban J connectivity index is 0.000000185. The molecule has 1 aliphatic rings. The maximum absolute atomic E-state index is 4.55. The van der Waals surface area contributed by atoms with E-state index < -0.39 is 0 Å². The Labute approximate surface area is 259 Å². The van der Waals surface area contributed by atoms with Crippen molar-refractivity contribution in [3.63, 3.8) is 0 Å². The Kier molecular flexibility index (Phi) is 9.74. The molecule has 1 aliphatic carbocycles. The summed E-state index contributed by atoms with van der Waals surface area (Å²) < 4.78 is 0. The predicted octanol–water partition coefficient (Wildman–Crippen LogP) is 9.81. The molecule has 6 rings (SSSR count). The molecule has 0 saturated heterocycles. The van der Waals surface area contributed by atoms with Crippen LogP contribution in [0.5, 0.6) is 0 Å². The monoisotopic (exact) mass is 715 g/mol. The Hall–Kier alpha value is -3.39. The van der Waals surface area contributed by atoms with Crippen LogP contribution < -0.4 is 0 Å². The quantitative estimate of drug-likeness (QED) is 0.137. The summed E-state index contributed by atoms with van der Waals surface area (Å²) in [5.41, 5.74) is 11.1. The van der Waals surface area contributed by atoms with Crippen molar-refractivity contribution in [1.82, 2.24) is 9.97 Å². The normalized spacial score (nSPS) is 14.9. The van der Waals surface area contributed by atoms with Crippen LogP contribution in [-0.4, -0.2) is 9.97 Å². The topological polar surface area (TPSA) is 25.8 Å². The van der Waals surface area contributed by atoms with E-state index in [0.717, 1.165) is 22.5 Å². The second-order valence-electron chi connectivity index (χ2n) is 12.0. The summed E-state index contributed by atoms with van der Waals surface area (Å²) in [6.07, 6.45) is 7.58. The van der Waals surface area contributed by atoms with Crippen molar-refractivity contribution in [2.24, 2.45) is 0 Å². The molecule has 0 N–H and O–H groups in total. The van der Waals surface area contributed by atoms with E-state index in [2.05, 4.69) is 93.1 Å². The number of benzene rings is 3. The van der Waals surface area contributed by atoms with Gasteiger partial charge in [0.1, 0.15) is 0 Å². The molecule has 0 bridgehead atoms.